The molecule has 1 aromatic heterocycles. The summed E-state index contributed by atoms with van der Waals surface area (Å²) in [5.41, 5.74) is 0.975. The van der Waals surface area contributed by atoms with Crippen molar-refractivity contribution in [1.82, 2.24) is 0 Å². The van der Waals surface area contributed by atoms with Crippen molar-refractivity contribution in [2.45, 2.75) is 19.8 Å². The van der Waals surface area contributed by atoms with Crippen molar-refractivity contribution in [2.24, 2.45) is 0 Å². The van der Waals surface area contributed by atoms with Crippen LogP contribution in [0.1, 0.15) is 29.5 Å². The van der Waals surface area contributed by atoms with Crippen molar-refractivity contribution >= 4 is 22.2 Å². The lowest BCUT2D eigenvalue weighted by Crippen LogP contribution is -1.86. The number of hydrogen-bond acceptors (Lipinski definition) is 2. The molecule has 0 fully saturated rings. The molecule has 0 aliphatic heterocycles. The van der Waals surface area contributed by atoms with Gasteiger partial charge in [0.25, 0.3) is 0 Å². The highest BCUT2D eigenvalue weighted by atomic mass is 79.9. The van der Waals surface area contributed by atoms with Gasteiger partial charge in [-0.15, -0.1) is 0 Å². The van der Waals surface area contributed by atoms with E-state index in [0.717, 1.165) is 29.2 Å². The third kappa shape index (κ3) is 1.71. The van der Waals surface area contributed by atoms with Gasteiger partial charge in [0.1, 0.15) is 6.26 Å². The van der Waals surface area contributed by atoms with E-state index in [-0.39, 0.29) is 0 Å². The standard InChI is InChI=1S/C8H9BrO2/c1-2-3-6-7(9)5-11-8(6)4-10/h4-5H,2-3H2,1H3. The second kappa shape index (κ2) is 3.72. The van der Waals surface area contributed by atoms with Gasteiger partial charge in [0.2, 0.25) is 0 Å². The van der Waals surface area contributed by atoms with E-state index >= 15 is 0 Å². The fourth-order valence-electron chi connectivity index (χ4n) is 0.967. The quantitative estimate of drug-likeness (QED) is 0.728. The summed E-state index contributed by atoms with van der Waals surface area (Å²) >= 11 is 3.31. The molecule has 0 aromatic carbocycles. The Balaban J connectivity index is 2.97. The van der Waals surface area contributed by atoms with Gasteiger partial charge in [-0.1, -0.05) is 13.3 Å². The van der Waals surface area contributed by atoms with E-state index in [1.165, 1.54) is 0 Å². The zero-order valence-electron chi connectivity index (χ0n) is 6.26. The molecule has 0 aliphatic rings. The largest absolute Gasteiger partial charge is 0.460 e. The summed E-state index contributed by atoms with van der Waals surface area (Å²) in [5.74, 6) is 0.443. The average Bonchev–Trinajstić information content (AvgIpc) is 2.34. The van der Waals surface area contributed by atoms with Gasteiger partial charge in [0.05, 0.1) is 4.47 Å². The molecule has 3 heteroatoms. The molecule has 0 saturated carbocycles. The van der Waals surface area contributed by atoms with Crippen LogP contribution in [-0.4, -0.2) is 6.29 Å². The predicted octanol–water partition coefficient (Wildman–Crippen LogP) is 2.81. The first kappa shape index (κ1) is 8.53. The minimum Gasteiger partial charge on any atom is -0.460 e. The highest BCUT2D eigenvalue weighted by Crippen LogP contribution is 2.22. The van der Waals surface area contributed by atoms with E-state index in [0.29, 0.717) is 5.76 Å². The second-order valence-corrected chi connectivity index (χ2v) is 3.15. The Kier molecular flexibility index (Phi) is 2.88. The fraction of sp³-hybridized carbons (Fsp3) is 0.375. The molecule has 0 amide bonds. The smallest absolute Gasteiger partial charge is 0.185 e. The Hall–Kier alpha value is -0.570. The Morgan fingerprint density at radius 2 is 2.45 bits per heavy atom. The summed E-state index contributed by atoms with van der Waals surface area (Å²) in [6, 6.07) is 0. The Morgan fingerprint density at radius 3 is 3.00 bits per heavy atom. The van der Waals surface area contributed by atoms with E-state index < -0.39 is 0 Å². The van der Waals surface area contributed by atoms with Crippen molar-refractivity contribution < 1.29 is 9.21 Å². The molecule has 11 heavy (non-hydrogen) atoms. The molecule has 0 unspecified atom stereocenters. The van der Waals surface area contributed by atoms with Crippen molar-refractivity contribution in [3.05, 3.63) is 22.1 Å². The summed E-state index contributed by atoms with van der Waals surface area (Å²) in [4.78, 5) is 10.4. The number of carbonyl (C=O) groups is 1. The molecule has 1 heterocycles. The van der Waals surface area contributed by atoms with Crippen LogP contribution in [0, 0.1) is 0 Å². The average molecular weight is 217 g/mol. The first-order valence-corrected chi connectivity index (χ1v) is 4.30. The molecule has 0 bridgehead atoms. The van der Waals surface area contributed by atoms with Gasteiger partial charge in [-0.3, -0.25) is 4.79 Å². The van der Waals surface area contributed by atoms with E-state index in [1.807, 2.05) is 0 Å². The van der Waals surface area contributed by atoms with Crippen molar-refractivity contribution in [3.8, 4) is 0 Å². The molecule has 60 valence electrons. The molecule has 0 atom stereocenters. The Bertz CT molecular complexity index is 253. The maximum Gasteiger partial charge on any atom is 0.185 e. The summed E-state index contributed by atoms with van der Waals surface area (Å²) < 4.78 is 5.87. The lowest BCUT2D eigenvalue weighted by atomic mass is 10.1. The number of halogens is 1. The highest BCUT2D eigenvalue weighted by Gasteiger charge is 2.08. The Labute approximate surface area is 73.7 Å². The molecule has 0 aliphatic carbocycles. The zero-order chi connectivity index (χ0) is 8.27. The van der Waals surface area contributed by atoms with Gasteiger partial charge < -0.3 is 4.42 Å². The van der Waals surface area contributed by atoms with Crippen LogP contribution in [0.25, 0.3) is 0 Å². The normalized spacial score (nSPS) is 10.0. The van der Waals surface area contributed by atoms with E-state index in [9.17, 15) is 4.79 Å². The van der Waals surface area contributed by atoms with Gasteiger partial charge in [-0.2, -0.15) is 0 Å². The molecule has 0 saturated heterocycles. The maximum absolute atomic E-state index is 10.4. The minimum absolute atomic E-state index is 0.443. The molecular formula is C8H9BrO2. The SMILES string of the molecule is CCCc1c(Br)coc1C=O. The third-order valence-corrected chi connectivity index (χ3v) is 2.15. The summed E-state index contributed by atoms with van der Waals surface area (Å²) in [7, 11) is 0. The summed E-state index contributed by atoms with van der Waals surface area (Å²) in [5, 5.41) is 0. The van der Waals surface area contributed by atoms with Gasteiger partial charge >= 0.3 is 0 Å². The molecule has 1 aromatic rings. The van der Waals surface area contributed by atoms with Crippen LogP contribution >= 0.6 is 15.9 Å². The number of aldehydes is 1. The number of furan rings is 1. The van der Waals surface area contributed by atoms with Crippen LogP contribution in [-0.2, 0) is 6.42 Å². The maximum atomic E-state index is 10.4. The first-order valence-electron chi connectivity index (χ1n) is 3.50. The van der Waals surface area contributed by atoms with Crippen LogP contribution in [0.5, 0.6) is 0 Å². The zero-order valence-corrected chi connectivity index (χ0v) is 7.85. The number of rotatable bonds is 3. The monoisotopic (exact) mass is 216 g/mol. The lowest BCUT2D eigenvalue weighted by Gasteiger charge is -1.93. The molecule has 1 rings (SSSR count). The molecule has 2 nitrogen and oxygen atoms in total. The van der Waals surface area contributed by atoms with E-state index in [4.69, 9.17) is 4.42 Å². The van der Waals surface area contributed by atoms with Crippen molar-refractivity contribution in [1.29, 1.82) is 0 Å². The van der Waals surface area contributed by atoms with Crippen molar-refractivity contribution in [2.75, 3.05) is 0 Å². The minimum atomic E-state index is 0.443. The topological polar surface area (TPSA) is 30.2 Å². The van der Waals surface area contributed by atoms with Crippen LogP contribution in [0.4, 0.5) is 0 Å². The van der Waals surface area contributed by atoms with Gasteiger partial charge in [-0.05, 0) is 22.4 Å². The molecule has 0 radical (unpaired) electrons. The van der Waals surface area contributed by atoms with Crippen LogP contribution in [0.3, 0.4) is 0 Å². The third-order valence-electron chi connectivity index (χ3n) is 1.48. The lowest BCUT2D eigenvalue weighted by molar-refractivity contribution is 0.109. The first-order chi connectivity index (χ1) is 5.29. The van der Waals surface area contributed by atoms with Crippen LogP contribution in [0.2, 0.25) is 0 Å². The van der Waals surface area contributed by atoms with Crippen LogP contribution < -0.4 is 0 Å². The van der Waals surface area contributed by atoms with Gasteiger partial charge in [-0.25, -0.2) is 0 Å². The van der Waals surface area contributed by atoms with Gasteiger partial charge in [0.15, 0.2) is 12.0 Å². The predicted molar refractivity (Wildman–Crippen MR) is 45.8 cm³/mol. The fourth-order valence-corrected chi connectivity index (χ4v) is 1.45. The number of hydrogen-bond donors (Lipinski definition) is 0. The van der Waals surface area contributed by atoms with Crippen molar-refractivity contribution in [3.63, 3.8) is 0 Å². The number of carbonyl (C=O) groups excluding carboxylic acids is 1. The summed E-state index contributed by atoms with van der Waals surface area (Å²) in [6.45, 7) is 2.06. The van der Waals surface area contributed by atoms with E-state index in [2.05, 4.69) is 22.9 Å². The summed E-state index contributed by atoms with van der Waals surface area (Å²) in [6.07, 6.45) is 4.19. The van der Waals surface area contributed by atoms with Crippen LogP contribution in [0.15, 0.2) is 15.2 Å². The molecular weight excluding hydrogens is 208 g/mol. The molecule has 0 N–H and O–H groups in total. The second-order valence-electron chi connectivity index (χ2n) is 2.29. The van der Waals surface area contributed by atoms with Gasteiger partial charge in [0, 0.05) is 5.56 Å². The Morgan fingerprint density at radius 1 is 1.73 bits per heavy atom. The highest BCUT2D eigenvalue weighted by molar-refractivity contribution is 9.10. The van der Waals surface area contributed by atoms with E-state index in [1.54, 1.807) is 6.26 Å². The molecule has 0 spiro atoms.